The van der Waals surface area contributed by atoms with Gasteiger partial charge in [0.15, 0.2) is 0 Å². The van der Waals surface area contributed by atoms with Gasteiger partial charge in [0.25, 0.3) is 5.91 Å². The van der Waals surface area contributed by atoms with Gasteiger partial charge in [-0.05, 0) is 57.2 Å². The summed E-state index contributed by atoms with van der Waals surface area (Å²) in [7, 11) is 0. The fourth-order valence-corrected chi connectivity index (χ4v) is 3.01. The summed E-state index contributed by atoms with van der Waals surface area (Å²) in [6.45, 7) is 6.03. The average molecular weight is 387 g/mol. The molecule has 4 aromatic rings. The van der Waals surface area contributed by atoms with Gasteiger partial charge < -0.3 is 9.73 Å². The van der Waals surface area contributed by atoms with Crippen molar-refractivity contribution >= 4 is 11.7 Å². The highest BCUT2D eigenvalue weighted by Gasteiger charge is 2.14. The lowest BCUT2D eigenvalue weighted by molar-refractivity contribution is 0.102. The van der Waals surface area contributed by atoms with Gasteiger partial charge in [0.05, 0.1) is 6.20 Å². The molecule has 0 unspecified atom stereocenters. The van der Waals surface area contributed by atoms with Crippen molar-refractivity contribution in [3.63, 3.8) is 0 Å². The lowest BCUT2D eigenvalue weighted by atomic mass is 10.1. The summed E-state index contributed by atoms with van der Waals surface area (Å²) >= 11 is 0. The van der Waals surface area contributed by atoms with E-state index in [1.54, 1.807) is 41.2 Å². The van der Waals surface area contributed by atoms with Crippen molar-refractivity contribution in [1.82, 2.24) is 20.0 Å². The molecule has 0 saturated heterocycles. The molecular formula is C22H21N5O2. The molecule has 4 rings (SSSR count). The third-order valence-corrected chi connectivity index (χ3v) is 4.49. The first-order valence-corrected chi connectivity index (χ1v) is 9.37. The van der Waals surface area contributed by atoms with Crippen LogP contribution in [-0.4, -0.2) is 25.9 Å². The van der Waals surface area contributed by atoms with Crippen LogP contribution in [-0.2, 0) is 0 Å². The Balaban J connectivity index is 1.51. The van der Waals surface area contributed by atoms with E-state index in [-0.39, 0.29) is 11.9 Å². The molecule has 0 spiro atoms. The predicted molar refractivity (Wildman–Crippen MR) is 110 cm³/mol. The number of amides is 1. The predicted octanol–water partition coefficient (Wildman–Crippen LogP) is 4.74. The Bertz CT molecular complexity index is 1140. The lowest BCUT2D eigenvalue weighted by Gasteiger charge is -2.11. The average Bonchev–Trinajstić information content (AvgIpc) is 3.38. The third-order valence-electron chi connectivity index (χ3n) is 4.49. The summed E-state index contributed by atoms with van der Waals surface area (Å²) in [5.41, 5.74) is 3.28. The van der Waals surface area contributed by atoms with Crippen LogP contribution in [0.3, 0.4) is 0 Å². The molecule has 2 heterocycles. The first-order chi connectivity index (χ1) is 14.0. The molecule has 29 heavy (non-hydrogen) atoms. The quantitative estimate of drug-likeness (QED) is 0.534. The van der Waals surface area contributed by atoms with Crippen LogP contribution in [0.5, 0.6) is 0 Å². The maximum Gasteiger partial charge on any atom is 0.256 e. The summed E-state index contributed by atoms with van der Waals surface area (Å²) in [4.78, 5) is 12.6. The summed E-state index contributed by atoms with van der Waals surface area (Å²) in [6, 6.07) is 16.9. The van der Waals surface area contributed by atoms with Gasteiger partial charge in [-0.15, -0.1) is 10.2 Å². The highest BCUT2D eigenvalue weighted by molar-refractivity contribution is 6.04. The Morgan fingerprint density at radius 1 is 1.00 bits per heavy atom. The topological polar surface area (TPSA) is 85.8 Å². The summed E-state index contributed by atoms with van der Waals surface area (Å²) in [5.74, 6) is 1.33. The molecule has 146 valence electrons. The Labute approximate surface area is 168 Å². The Morgan fingerprint density at radius 2 is 1.72 bits per heavy atom. The van der Waals surface area contributed by atoms with Crippen LogP contribution in [0.15, 0.2) is 65.2 Å². The van der Waals surface area contributed by atoms with Crippen molar-refractivity contribution in [3.8, 4) is 22.9 Å². The number of nitrogens with zero attached hydrogens (tertiary/aromatic N) is 4. The van der Waals surface area contributed by atoms with Crippen LogP contribution in [0.1, 0.15) is 35.8 Å². The van der Waals surface area contributed by atoms with Crippen LogP contribution in [0.4, 0.5) is 5.82 Å². The van der Waals surface area contributed by atoms with Gasteiger partial charge in [-0.25, -0.2) is 4.68 Å². The molecule has 2 aromatic carbocycles. The number of carbonyl (C=O) groups excluding carboxylic acids is 1. The monoisotopic (exact) mass is 387 g/mol. The molecule has 0 atom stereocenters. The molecule has 0 aliphatic rings. The minimum absolute atomic E-state index is 0.155. The van der Waals surface area contributed by atoms with Crippen LogP contribution in [0.25, 0.3) is 22.9 Å². The van der Waals surface area contributed by atoms with E-state index in [1.165, 1.54) is 0 Å². The lowest BCUT2D eigenvalue weighted by Crippen LogP contribution is -2.16. The number of hydrogen-bond donors (Lipinski definition) is 1. The number of carbonyl (C=O) groups is 1. The maximum absolute atomic E-state index is 12.6. The van der Waals surface area contributed by atoms with E-state index in [2.05, 4.69) is 20.6 Å². The van der Waals surface area contributed by atoms with Crippen molar-refractivity contribution < 1.29 is 9.21 Å². The number of nitrogens with one attached hydrogen (secondary N) is 1. The van der Waals surface area contributed by atoms with Crippen LogP contribution < -0.4 is 5.32 Å². The molecule has 1 N–H and O–H groups in total. The van der Waals surface area contributed by atoms with Gasteiger partial charge in [0.2, 0.25) is 11.8 Å². The highest BCUT2D eigenvalue weighted by Crippen LogP contribution is 2.25. The van der Waals surface area contributed by atoms with E-state index in [1.807, 2.05) is 45.0 Å². The largest absolute Gasteiger partial charge is 0.416 e. The van der Waals surface area contributed by atoms with Crippen LogP contribution in [0.2, 0.25) is 0 Å². The van der Waals surface area contributed by atoms with Gasteiger partial charge in [-0.2, -0.15) is 5.10 Å². The number of rotatable bonds is 5. The minimum Gasteiger partial charge on any atom is -0.416 e. The third kappa shape index (κ3) is 3.94. The molecule has 2 aromatic heterocycles. The molecule has 0 fully saturated rings. The van der Waals surface area contributed by atoms with Gasteiger partial charge in [-0.1, -0.05) is 17.7 Å². The number of benzene rings is 2. The fourth-order valence-electron chi connectivity index (χ4n) is 3.01. The van der Waals surface area contributed by atoms with Gasteiger partial charge in [0.1, 0.15) is 5.82 Å². The molecule has 7 nitrogen and oxygen atoms in total. The Morgan fingerprint density at radius 3 is 2.41 bits per heavy atom. The second kappa shape index (κ2) is 7.71. The van der Waals surface area contributed by atoms with Gasteiger partial charge >= 0.3 is 0 Å². The van der Waals surface area contributed by atoms with E-state index in [0.29, 0.717) is 23.2 Å². The fraction of sp³-hybridized carbons (Fsp3) is 0.182. The molecule has 0 aliphatic heterocycles. The number of hydrogen-bond acceptors (Lipinski definition) is 5. The van der Waals surface area contributed by atoms with Crippen molar-refractivity contribution in [1.29, 1.82) is 0 Å². The van der Waals surface area contributed by atoms with Gasteiger partial charge in [-0.3, -0.25) is 4.79 Å². The summed E-state index contributed by atoms with van der Waals surface area (Å²) in [6.07, 6.45) is 1.67. The molecule has 0 aliphatic carbocycles. The zero-order chi connectivity index (χ0) is 20.4. The molecule has 1 amide bonds. The Kier molecular flexibility index (Phi) is 4.95. The number of aryl methyl sites for hydroxylation is 1. The van der Waals surface area contributed by atoms with Gasteiger partial charge in [0, 0.05) is 28.8 Å². The van der Waals surface area contributed by atoms with Crippen molar-refractivity contribution in [2.75, 3.05) is 5.32 Å². The molecule has 0 bridgehead atoms. The standard InChI is InChI=1S/C22H21N5O2/c1-14(2)27-19(11-12-23-27)24-20(28)16-7-9-17(10-8-16)21-25-26-22(29-21)18-6-4-5-15(3)13-18/h4-14H,1-3H3,(H,24,28). The van der Waals surface area contributed by atoms with Crippen molar-refractivity contribution in [2.24, 2.45) is 0 Å². The highest BCUT2D eigenvalue weighted by atomic mass is 16.4. The van der Waals surface area contributed by atoms with E-state index in [9.17, 15) is 4.79 Å². The van der Waals surface area contributed by atoms with E-state index in [4.69, 9.17) is 4.42 Å². The van der Waals surface area contributed by atoms with Crippen molar-refractivity contribution in [3.05, 3.63) is 71.9 Å². The number of anilines is 1. The zero-order valence-electron chi connectivity index (χ0n) is 16.5. The normalized spacial score (nSPS) is 11.0. The summed E-state index contributed by atoms with van der Waals surface area (Å²) in [5, 5.41) is 15.4. The Hall–Kier alpha value is -3.74. The van der Waals surface area contributed by atoms with Crippen molar-refractivity contribution in [2.45, 2.75) is 26.8 Å². The van der Waals surface area contributed by atoms with Crippen LogP contribution in [0, 0.1) is 6.92 Å². The zero-order valence-corrected chi connectivity index (χ0v) is 16.5. The van der Waals surface area contributed by atoms with E-state index in [0.717, 1.165) is 16.7 Å². The SMILES string of the molecule is Cc1cccc(-c2nnc(-c3ccc(C(=O)Nc4ccnn4C(C)C)cc3)o2)c1. The second-order valence-corrected chi connectivity index (χ2v) is 7.07. The number of aromatic nitrogens is 4. The van der Waals surface area contributed by atoms with E-state index >= 15 is 0 Å². The van der Waals surface area contributed by atoms with Crippen LogP contribution >= 0.6 is 0 Å². The molecule has 7 heteroatoms. The first-order valence-electron chi connectivity index (χ1n) is 9.37. The first kappa shape index (κ1) is 18.6. The minimum atomic E-state index is -0.204. The smallest absolute Gasteiger partial charge is 0.256 e. The second-order valence-electron chi connectivity index (χ2n) is 7.07. The summed E-state index contributed by atoms with van der Waals surface area (Å²) < 4.78 is 7.57. The molecular weight excluding hydrogens is 366 g/mol. The maximum atomic E-state index is 12.6. The molecule has 0 saturated carbocycles. The van der Waals surface area contributed by atoms with E-state index < -0.39 is 0 Å². The molecule has 0 radical (unpaired) electrons.